The number of halogens is 1. The molecule has 7 nitrogen and oxygen atoms in total. The van der Waals surface area contributed by atoms with Crippen LogP contribution in [0.1, 0.15) is 23.6 Å². The summed E-state index contributed by atoms with van der Waals surface area (Å²) in [5, 5.41) is 11.5. The number of ether oxygens (including phenoxy) is 1. The van der Waals surface area contributed by atoms with Gasteiger partial charge in [0.05, 0.1) is 24.8 Å². The quantitative estimate of drug-likeness (QED) is 0.421. The van der Waals surface area contributed by atoms with Gasteiger partial charge in [-0.15, -0.1) is 0 Å². The third-order valence-corrected chi connectivity index (χ3v) is 5.91. The normalized spacial score (nSPS) is 21.6. The van der Waals surface area contributed by atoms with Gasteiger partial charge < -0.3 is 14.7 Å². The van der Waals surface area contributed by atoms with Crippen molar-refractivity contribution in [3.05, 3.63) is 70.5 Å². The molecule has 8 heteroatoms. The first-order valence-corrected chi connectivity index (χ1v) is 10.7. The lowest BCUT2D eigenvalue weighted by molar-refractivity contribution is -0.140. The number of ketones is 1. The van der Waals surface area contributed by atoms with Gasteiger partial charge in [0.1, 0.15) is 5.76 Å². The largest absolute Gasteiger partial charge is 0.507 e. The third-order valence-electron chi connectivity index (χ3n) is 5.66. The van der Waals surface area contributed by atoms with Crippen LogP contribution in [0.5, 0.6) is 0 Å². The zero-order valence-electron chi connectivity index (χ0n) is 17.0. The number of pyridine rings is 1. The zero-order chi connectivity index (χ0) is 21.8. The van der Waals surface area contributed by atoms with E-state index in [9.17, 15) is 14.7 Å². The maximum atomic E-state index is 13.0. The number of amides is 1. The van der Waals surface area contributed by atoms with E-state index in [1.54, 1.807) is 41.3 Å². The SMILES string of the molecule is O=C1C(=O)N(CCCN2CCOCC2)C(c2ccc(Cl)cc2)/C1=C(\O)c1ccncc1. The van der Waals surface area contributed by atoms with Crippen molar-refractivity contribution in [3.63, 3.8) is 0 Å². The van der Waals surface area contributed by atoms with E-state index in [1.807, 2.05) is 0 Å². The summed E-state index contributed by atoms with van der Waals surface area (Å²) < 4.78 is 5.38. The Morgan fingerprint density at radius 1 is 1.06 bits per heavy atom. The van der Waals surface area contributed by atoms with E-state index in [-0.39, 0.29) is 11.3 Å². The molecule has 0 saturated carbocycles. The minimum Gasteiger partial charge on any atom is -0.507 e. The van der Waals surface area contributed by atoms with Crippen molar-refractivity contribution in [1.82, 2.24) is 14.8 Å². The molecule has 162 valence electrons. The van der Waals surface area contributed by atoms with Crippen molar-refractivity contribution < 1.29 is 19.4 Å². The summed E-state index contributed by atoms with van der Waals surface area (Å²) in [6.07, 6.45) is 3.78. The van der Waals surface area contributed by atoms with Crippen LogP contribution in [0.3, 0.4) is 0 Å². The second kappa shape index (κ2) is 9.60. The van der Waals surface area contributed by atoms with E-state index in [1.165, 1.54) is 12.4 Å². The Morgan fingerprint density at radius 2 is 1.74 bits per heavy atom. The first-order chi connectivity index (χ1) is 15.1. The second-order valence-corrected chi connectivity index (χ2v) is 8.02. The molecule has 31 heavy (non-hydrogen) atoms. The predicted molar refractivity (Wildman–Crippen MR) is 117 cm³/mol. The number of aliphatic hydroxyl groups is 1. The zero-order valence-corrected chi connectivity index (χ0v) is 17.8. The van der Waals surface area contributed by atoms with Gasteiger partial charge >= 0.3 is 0 Å². The van der Waals surface area contributed by atoms with Gasteiger partial charge in [-0.05, 0) is 36.2 Å². The molecule has 1 aromatic carbocycles. The highest BCUT2D eigenvalue weighted by Crippen LogP contribution is 2.39. The molecule has 1 unspecified atom stereocenters. The van der Waals surface area contributed by atoms with Gasteiger partial charge in [-0.1, -0.05) is 23.7 Å². The number of hydrogen-bond acceptors (Lipinski definition) is 6. The Hall–Kier alpha value is -2.74. The molecule has 0 aliphatic carbocycles. The topological polar surface area (TPSA) is 83.0 Å². The van der Waals surface area contributed by atoms with Gasteiger partial charge in [-0.3, -0.25) is 19.5 Å². The Morgan fingerprint density at radius 3 is 2.42 bits per heavy atom. The second-order valence-electron chi connectivity index (χ2n) is 7.59. The Bertz CT molecular complexity index is 972. The number of aliphatic hydroxyl groups excluding tert-OH is 1. The Balaban J connectivity index is 1.65. The van der Waals surface area contributed by atoms with Gasteiger partial charge in [0.2, 0.25) is 0 Å². The van der Waals surface area contributed by atoms with Crippen molar-refractivity contribution in [2.24, 2.45) is 0 Å². The Kier molecular flexibility index (Phi) is 6.65. The van der Waals surface area contributed by atoms with Crippen LogP contribution in [0.25, 0.3) is 5.76 Å². The third kappa shape index (κ3) is 4.63. The number of Topliss-reactive ketones (excluding diaryl/α,β-unsaturated/α-hetero) is 1. The van der Waals surface area contributed by atoms with Crippen molar-refractivity contribution in [2.75, 3.05) is 39.4 Å². The van der Waals surface area contributed by atoms with E-state index < -0.39 is 17.7 Å². The van der Waals surface area contributed by atoms with E-state index in [0.29, 0.717) is 36.8 Å². The standard InChI is InChI=1S/C23H24ClN3O4/c24-18-4-2-16(3-5-18)20-19(21(28)17-6-8-25-9-7-17)22(29)23(30)27(20)11-1-10-26-12-14-31-15-13-26/h2-9,20,28H,1,10-15H2/b21-19+. The van der Waals surface area contributed by atoms with E-state index in [2.05, 4.69) is 9.88 Å². The van der Waals surface area contributed by atoms with Crippen molar-refractivity contribution in [1.29, 1.82) is 0 Å². The molecule has 2 aliphatic rings. The maximum Gasteiger partial charge on any atom is 0.295 e. The smallest absolute Gasteiger partial charge is 0.295 e. The fourth-order valence-electron chi connectivity index (χ4n) is 4.06. The summed E-state index contributed by atoms with van der Waals surface area (Å²) in [5.41, 5.74) is 1.26. The number of hydrogen-bond donors (Lipinski definition) is 1. The highest BCUT2D eigenvalue weighted by atomic mass is 35.5. The van der Waals surface area contributed by atoms with Crippen molar-refractivity contribution in [2.45, 2.75) is 12.5 Å². The number of benzene rings is 1. The number of rotatable bonds is 6. The average Bonchev–Trinajstić information content (AvgIpc) is 3.05. The van der Waals surface area contributed by atoms with Crippen LogP contribution in [0, 0.1) is 0 Å². The number of morpholine rings is 1. The minimum absolute atomic E-state index is 0.0879. The summed E-state index contributed by atoms with van der Waals surface area (Å²) in [5.74, 6) is -1.48. The van der Waals surface area contributed by atoms with Crippen molar-refractivity contribution >= 4 is 29.1 Å². The number of aromatic nitrogens is 1. The van der Waals surface area contributed by atoms with Crippen LogP contribution in [0.15, 0.2) is 54.4 Å². The van der Waals surface area contributed by atoms with Crippen LogP contribution >= 0.6 is 11.6 Å². The first-order valence-electron chi connectivity index (χ1n) is 10.3. The monoisotopic (exact) mass is 441 g/mol. The molecule has 1 atom stereocenters. The first kappa shape index (κ1) is 21.5. The molecule has 1 amide bonds. The fourth-order valence-corrected chi connectivity index (χ4v) is 4.18. The number of carbonyl (C=O) groups excluding carboxylic acids is 2. The molecule has 0 bridgehead atoms. The van der Waals surface area contributed by atoms with Crippen LogP contribution in [0.2, 0.25) is 5.02 Å². The Labute approximate surface area is 185 Å². The molecule has 0 radical (unpaired) electrons. The molecule has 2 aliphatic heterocycles. The number of carbonyl (C=O) groups is 2. The van der Waals surface area contributed by atoms with Crippen LogP contribution in [0.4, 0.5) is 0 Å². The van der Waals surface area contributed by atoms with Gasteiger partial charge in [0.25, 0.3) is 11.7 Å². The minimum atomic E-state index is -0.680. The highest BCUT2D eigenvalue weighted by molar-refractivity contribution is 6.46. The average molecular weight is 442 g/mol. The highest BCUT2D eigenvalue weighted by Gasteiger charge is 2.45. The molecule has 0 spiro atoms. The molecular weight excluding hydrogens is 418 g/mol. The molecule has 2 aromatic rings. The van der Waals surface area contributed by atoms with Gasteiger partial charge in [0, 0.05) is 49.2 Å². The summed E-state index contributed by atoms with van der Waals surface area (Å²) in [4.78, 5) is 33.7. The summed E-state index contributed by atoms with van der Waals surface area (Å²) in [6, 6.07) is 9.56. The lowest BCUT2D eigenvalue weighted by Gasteiger charge is -2.29. The van der Waals surface area contributed by atoms with E-state index in [4.69, 9.17) is 16.3 Å². The number of likely N-dealkylation sites (tertiary alicyclic amines) is 1. The maximum absolute atomic E-state index is 13.0. The molecule has 3 heterocycles. The van der Waals surface area contributed by atoms with Gasteiger partial charge in [-0.25, -0.2) is 0 Å². The van der Waals surface area contributed by atoms with E-state index >= 15 is 0 Å². The molecule has 1 aromatic heterocycles. The van der Waals surface area contributed by atoms with E-state index in [0.717, 1.165) is 25.2 Å². The molecular formula is C23H24ClN3O4. The summed E-state index contributed by atoms with van der Waals surface area (Å²) in [7, 11) is 0. The van der Waals surface area contributed by atoms with Crippen molar-refractivity contribution in [3.8, 4) is 0 Å². The van der Waals surface area contributed by atoms with Gasteiger partial charge in [-0.2, -0.15) is 0 Å². The predicted octanol–water partition coefficient (Wildman–Crippen LogP) is 2.88. The van der Waals surface area contributed by atoms with Crippen LogP contribution in [-0.2, 0) is 14.3 Å². The fraction of sp³-hybridized carbons (Fsp3) is 0.348. The molecule has 4 rings (SSSR count). The van der Waals surface area contributed by atoms with Crippen LogP contribution in [-0.4, -0.2) is 71.0 Å². The summed E-state index contributed by atoms with van der Waals surface area (Å²) in [6.45, 7) is 4.36. The summed E-state index contributed by atoms with van der Waals surface area (Å²) >= 11 is 6.04. The molecule has 2 fully saturated rings. The van der Waals surface area contributed by atoms with Gasteiger partial charge in [0.15, 0.2) is 0 Å². The number of nitrogens with zero attached hydrogens (tertiary/aromatic N) is 3. The lowest BCUT2D eigenvalue weighted by atomic mass is 9.95. The molecule has 1 N–H and O–H groups in total. The van der Waals surface area contributed by atoms with Crippen LogP contribution < -0.4 is 0 Å². The lowest BCUT2D eigenvalue weighted by Crippen LogP contribution is -2.38. The molecule has 2 saturated heterocycles.